The van der Waals surface area contributed by atoms with E-state index in [-0.39, 0.29) is 17.1 Å². The van der Waals surface area contributed by atoms with Gasteiger partial charge < -0.3 is 5.11 Å². The fourth-order valence-corrected chi connectivity index (χ4v) is 2.63. The Hall–Kier alpha value is -1.42. The fourth-order valence-electron chi connectivity index (χ4n) is 1.27. The summed E-state index contributed by atoms with van der Waals surface area (Å²) in [6, 6.07) is 7.12. The van der Waals surface area contributed by atoms with Gasteiger partial charge in [-0.1, -0.05) is 13.0 Å². The van der Waals surface area contributed by atoms with Crippen molar-refractivity contribution in [2.75, 3.05) is 6.61 Å². The van der Waals surface area contributed by atoms with E-state index in [0.29, 0.717) is 6.42 Å². The highest BCUT2D eigenvalue weighted by Crippen LogP contribution is 2.11. The van der Waals surface area contributed by atoms with E-state index in [4.69, 9.17) is 10.4 Å². The molecule has 0 unspecified atom stereocenters. The van der Waals surface area contributed by atoms with Gasteiger partial charge in [0.15, 0.2) is 0 Å². The van der Waals surface area contributed by atoms with Gasteiger partial charge in [-0.25, -0.2) is 13.1 Å². The van der Waals surface area contributed by atoms with Crippen molar-refractivity contribution in [1.82, 2.24) is 4.72 Å². The number of sulfonamides is 1. The van der Waals surface area contributed by atoms with E-state index in [1.165, 1.54) is 24.3 Å². The van der Waals surface area contributed by atoms with Crippen molar-refractivity contribution in [3.8, 4) is 6.07 Å². The Balaban J connectivity index is 3.01. The molecular formula is C11H14N2O3S. The minimum absolute atomic E-state index is 0.0310. The van der Waals surface area contributed by atoms with Gasteiger partial charge in [0.25, 0.3) is 0 Å². The Morgan fingerprint density at radius 3 is 2.76 bits per heavy atom. The molecule has 0 heterocycles. The molecule has 92 valence electrons. The molecule has 0 bridgehead atoms. The number of aliphatic hydroxyl groups excluding tert-OH is 1. The summed E-state index contributed by atoms with van der Waals surface area (Å²) in [5.41, 5.74) is 0.282. The third-order valence-electron chi connectivity index (χ3n) is 2.31. The van der Waals surface area contributed by atoms with Gasteiger partial charge in [0, 0.05) is 6.04 Å². The summed E-state index contributed by atoms with van der Waals surface area (Å²) in [5, 5.41) is 17.7. The second kappa shape index (κ2) is 5.77. The van der Waals surface area contributed by atoms with Crippen LogP contribution >= 0.6 is 0 Å². The second-order valence-electron chi connectivity index (χ2n) is 3.55. The number of rotatable bonds is 5. The molecule has 0 saturated heterocycles. The van der Waals surface area contributed by atoms with Crippen LogP contribution in [0.25, 0.3) is 0 Å². The molecule has 0 saturated carbocycles. The highest BCUT2D eigenvalue weighted by molar-refractivity contribution is 7.89. The summed E-state index contributed by atoms with van der Waals surface area (Å²) in [7, 11) is -3.68. The summed E-state index contributed by atoms with van der Waals surface area (Å²) in [4.78, 5) is 0.0310. The van der Waals surface area contributed by atoms with Crippen molar-refractivity contribution >= 4 is 10.0 Å². The standard InChI is InChI=1S/C11H14N2O3S/c1-2-10(8-14)13-17(15,16)11-5-3-4-9(6-11)7-12/h3-6,10,13-14H,2,8H2,1H3/t10-/m1/s1. The molecule has 17 heavy (non-hydrogen) atoms. The topological polar surface area (TPSA) is 90.2 Å². The van der Waals surface area contributed by atoms with Crippen LogP contribution in [0, 0.1) is 11.3 Å². The number of hydrogen-bond acceptors (Lipinski definition) is 4. The lowest BCUT2D eigenvalue weighted by Gasteiger charge is -2.14. The van der Waals surface area contributed by atoms with Crippen molar-refractivity contribution in [2.45, 2.75) is 24.3 Å². The fraction of sp³-hybridized carbons (Fsp3) is 0.364. The van der Waals surface area contributed by atoms with E-state index in [0.717, 1.165) is 0 Å². The van der Waals surface area contributed by atoms with Crippen molar-refractivity contribution in [1.29, 1.82) is 5.26 Å². The van der Waals surface area contributed by atoms with Gasteiger partial charge in [-0.05, 0) is 24.6 Å². The van der Waals surface area contributed by atoms with Crippen LogP contribution in [0.1, 0.15) is 18.9 Å². The van der Waals surface area contributed by atoms with Gasteiger partial charge in [-0.2, -0.15) is 5.26 Å². The summed E-state index contributed by atoms with van der Waals surface area (Å²) in [6.07, 6.45) is 0.494. The minimum Gasteiger partial charge on any atom is -0.395 e. The van der Waals surface area contributed by atoms with Crippen LogP contribution in [0.5, 0.6) is 0 Å². The molecule has 5 nitrogen and oxygen atoms in total. The molecule has 0 spiro atoms. The Labute approximate surface area is 101 Å². The van der Waals surface area contributed by atoms with Gasteiger partial charge in [0.1, 0.15) is 0 Å². The first kappa shape index (κ1) is 13.6. The molecule has 6 heteroatoms. The third-order valence-corrected chi connectivity index (χ3v) is 3.83. The van der Waals surface area contributed by atoms with Gasteiger partial charge >= 0.3 is 0 Å². The first-order valence-electron chi connectivity index (χ1n) is 5.17. The molecule has 0 aliphatic carbocycles. The van der Waals surface area contributed by atoms with E-state index in [2.05, 4.69) is 4.72 Å². The van der Waals surface area contributed by atoms with E-state index < -0.39 is 16.1 Å². The Morgan fingerprint density at radius 2 is 2.24 bits per heavy atom. The highest BCUT2D eigenvalue weighted by Gasteiger charge is 2.18. The maximum Gasteiger partial charge on any atom is 0.240 e. The second-order valence-corrected chi connectivity index (χ2v) is 5.26. The highest BCUT2D eigenvalue weighted by atomic mass is 32.2. The SMILES string of the molecule is CC[C@H](CO)NS(=O)(=O)c1cccc(C#N)c1. The van der Waals surface area contributed by atoms with E-state index in [9.17, 15) is 8.42 Å². The molecule has 0 aliphatic heterocycles. The molecule has 1 aromatic carbocycles. The normalized spacial score (nSPS) is 13.0. The maximum atomic E-state index is 11.9. The molecule has 0 aromatic heterocycles. The van der Waals surface area contributed by atoms with Crippen LogP contribution < -0.4 is 4.72 Å². The largest absolute Gasteiger partial charge is 0.395 e. The number of nitrogens with zero attached hydrogens (tertiary/aromatic N) is 1. The van der Waals surface area contributed by atoms with Crippen LogP contribution in [0.3, 0.4) is 0 Å². The first-order valence-corrected chi connectivity index (χ1v) is 6.65. The Kier molecular flexibility index (Phi) is 4.63. The third kappa shape index (κ3) is 3.53. The number of benzene rings is 1. The minimum atomic E-state index is -3.68. The first-order chi connectivity index (χ1) is 8.03. The average molecular weight is 254 g/mol. The molecule has 1 rings (SSSR count). The van der Waals surface area contributed by atoms with E-state index in [1.54, 1.807) is 6.92 Å². The molecule has 0 amide bonds. The Morgan fingerprint density at radius 1 is 1.53 bits per heavy atom. The number of nitrogens with one attached hydrogen (secondary N) is 1. The van der Waals surface area contributed by atoms with Crippen LogP contribution in [-0.2, 0) is 10.0 Å². The number of aliphatic hydroxyl groups is 1. The molecule has 1 atom stereocenters. The smallest absolute Gasteiger partial charge is 0.240 e. The summed E-state index contributed by atoms with van der Waals surface area (Å²) < 4.78 is 26.2. The van der Waals surface area contributed by atoms with Crippen LogP contribution in [0.4, 0.5) is 0 Å². The van der Waals surface area contributed by atoms with Crippen LogP contribution in [0.2, 0.25) is 0 Å². The predicted octanol–water partition coefficient (Wildman–Crippen LogP) is 0.607. The monoisotopic (exact) mass is 254 g/mol. The van der Waals surface area contributed by atoms with Crippen LogP contribution in [-0.4, -0.2) is 26.2 Å². The summed E-state index contributed by atoms with van der Waals surface area (Å²) in [6.45, 7) is 1.52. The van der Waals surface area contributed by atoms with Gasteiger partial charge in [0.05, 0.1) is 23.1 Å². The lowest BCUT2D eigenvalue weighted by atomic mass is 10.2. The van der Waals surface area contributed by atoms with Crippen molar-refractivity contribution in [2.24, 2.45) is 0 Å². The molecule has 1 aromatic rings. The maximum absolute atomic E-state index is 11.9. The van der Waals surface area contributed by atoms with E-state index in [1.807, 2.05) is 6.07 Å². The molecule has 0 radical (unpaired) electrons. The van der Waals surface area contributed by atoms with Crippen molar-refractivity contribution in [3.63, 3.8) is 0 Å². The zero-order chi connectivity index (χ0) is 12.9. The zero-order valence-corrected chi connectivity index (χ0v) is 10.2. The number of nitriles is 1. The molecular weight excluding hydrogens is 240 g/mol. The number of hydrogen-bond donors (Lipinski definition) is 2. The average Bonchev–Trinajstić information content (AvgIpc) is 2.36. The molecule has 2 N–H and O–H groups in total. The van der Waals surface area contributed by atoms with Gasteiger partial charge in [0.2, 0.25) is 10.0 Å². The van der Waals surface area contributed by atoms with Gasteiger partial charge in [-0.3, -0.25) is 0 Å². The predicted molar refractivity (Wildman–Crippen MR) is 62.6 cm³/mol. The van der Waals surface area contributed by atoms with Crippen molar-refractivity contribution in [3.05, 3.63) is 29.8 Å². The quantitative estimate of drug-likeness (QED) is 0.805. The molecule has 0 fully saturated rings. The summed E-state index contributed by atoms with van der Waals surface area (Å²) >= 11 is 0. The van der Waals surface area contributed by atoms with E-state index >= 15 is 0 Å². The lowest BCUT2D eigenvalue weighted by molar-refractivity contribution is 0.254. The Bertz CT molecular complexity index is 516. The lowest BCUT2D eigenvalue weighted by Crippen LogP contribution is -2.36. The van der Waals surface area contributed by atoms with Gasteiger partial charge in [-0.15, -0.1) is 0 Å². The van der Waals surface area contributed by atoms with Crippen LogP contribution in [0.15, 0.2) is 29.2 Å². The van der Waals surface area contributed by atoms with Crippen molar-refractivity contribution < 1.29 is 13.5 Å². The molecule has 0 aliphatic rings. The summed E-state index contributed by atoms with van der Waals surface area (Å²) in [5.74, 6) is 0. The zero-order valence-electron chi connectivity index (χ0n) is 9.42.